The quantitative estimate of drug-likeness (QED) is 0.195. The molecule has 3 aromatic carbocycles. The standard InChI is InChI=1S/C25H29N7O3/c1-17-6-11-21(24(14-17)32(33)34)28-29-22-16-25(35-4)23(15-18(22)2)30-27-19-7-9-20(10-8-19)31(3)13-5-12-26/h6-11,14-16H,5,12-13,26H2,1-4H3. The molecule has 182 valence electrons. The van der Waals surface area contributed by atoms with Gasteiger partial charge in [0.25, 0.3) is 5.69 Å². The molecule has 0 saturated heterocycles. The molecule has 0 heterocycles. The zero-order valence-electron chi connectivity index (χ0n) is 20.3. The van der Waals surface area contributed by atoms with Crippen LogP contribution in [-0.4, -0.2) is 32.2 Å². The third-order valence-corrected chi connectivity index (χ3v) is 5.35. The Kier molecular flexibility index (Phi) is 8.58. The van der Waals surface area contributed by atoms with Crippen LogP contribution in [0.3, 0.4) is 0 Å². The fourth-order valence-electron chi connectivity index (χ4n) is 3.33. The van der Waals surface area contributed by atoms with Crippen LogP contribution in [0.2, 0.25) is 0 Å². The van der Waals surface area contributed by atoms with E-state index in [4.69, 9.17) is 10.5 Å². The summed E-state index contributed by atoms with van der Waals surface area (Å²) in [6.45, 7) is 5.17. The number of benzene rings is 3. The molecule has 3 rings (SSSR count). The van der Waals surface area contributed by atoms with Crippen LogP contribution in [0.15, 0.2) is 75.1 Å². The SMILES string of the molecule is COc1cc(N=Nc2ccc(C)cc2[N+](=O)[O-])c(C)cc1N=Nc1ccc(N(C)CCCN)cc1. The first kappa shape index (κ1) is 25.4. The van der Waals surface area contributed by atoms with Gasteiger partial charge >= 0.3 is 0 Å². The number of methoxy groups -OCH3 is 1. The Morgan fingerprint density at radius 1 is 0.943 bits per heavy atom. The lowest BCUT2D eigenvalue weighted by molar-refractivity contribution is -0.384. The van der Waals surface area contributed by atoms with E-state index in [-0.39, 0.29) is 11.4 Å². The molecule has 10 nitrogen and oxygen atoms in total. The summed E-state index contributed by atoms with van der Waals surface area (Å²) in [5.41, 5.74) is 10.0. The first-order valence-corrected chi connectivity index (χ1v) is 11.1. The second-order valence-corrected chi connectivity index (χ2v) is 8.04. The summed E-state index contributed by atoms with van der Waals surface area (Å²) in [6, 6.07) is 16.0. The van der Waals surface area contributed by atoms with Crippen LogP contribution < -0.4 is 15.4 Å². The maximum absolute atomic E-state index is 11.3. The molecule has 0 fully saturated rings. The molecule has 2 N–H and O–H groups in total. The molecule has 0 spiro atoms. The van der Waals surface area contributed by atoms with Crippen LogP contribution >= 0.6 is 0 Å². The lowest BCUT2D eigenvalue weighted by Crippen LogP contribution is -2.20. The number of ether oxygens (including phenoxy) is 1. The minimum Gasteiger partial charge on any atom is -0.494 e. The van der Waals surface area contributed by atoms with Crippen LogP contribution in [0.4, 0.5) is 34.1 Å². The summed E-state index contributed by atoms with van der Waals surface area (Å²) in [5, 5.41) is 28.3. The van der Waals surface area contributed by atoms with Gasteiger partial charge in [0.15, 0.2) is 5.69 Å². The van der Waals surface area contributed by atoms with Crippen molar-refractivity contribution in [2.24, 2.45) is 26.2 Å². The molecule has 0 aromatic heterocycles. The number of azo groups is 2. The number of hydrogen-bond donors (Lipinski definition) is 1. The summed E-state index contributed by atoms with van der Waals surface area (Å²) in [4.78, 5) is 13.0. The van der Waals surface area contributed by atoms with Crippen LogP contribution in [-0.2, 0) is 0 Å². The van der Waals surface area contributed by atoms with Crippen molar-refractivity contribution >= 4 is 34.1 Å². The maximum atomic E-state index is 11.3. The topological polar surface area (TPSA) is 131 Å². The van der Waals surface area contributed by atoms with Gasteiger partial charge in [0.05, 0.1) is 23.4 Å². The molecule has 0 amide bonds. The summed E-state index contributed by atoms with van der Waals surface area (Å²) in [5.74, 6) is 0.463. The molecule has 0 aliphatic carbocycles. The normalized spacial score (nSPS) is 11.3. The molecule has 35 heavy (non-hydrogen) atoms. The van der Waals surface area contributed by atoms with Crippen molar-refractivity contribution in [1.29, 1.82) is 0 Å². The van der Waals surface area contributed by atoms with Gasteiger partial charge in [-0.15, -0.1) is 15.3 Å². The van der Waals surface area contributed by atoms with E-state index in [0.29, 0.717) is 29.4 Å². The van der Waals surface area contributed by atoms with Crippen LogP contribution in [0, 0.1) is 24.0 Å². The summed E-state index contributed by atoms with van der Waals surface area (Å²) >= 11 is 0. The molecular formula is C25H29N7O3. The van der Waals surface area contributed by atoms with Crippen LogP contribution in [0.5, 0.6) is 5.75 Å². The molecule has 0 saturated carbocycles. The number of nitrogens with two attached hydrogens (primary N) is 1. The van der Waals surface area contributed by atoms with Gasteiger partial charge in [0.2, 0.25) is 0 Å². The van der Waals surface area contributed by atoms with Gasteiger partial charge < -0.3 is 15.4 Å². The molecule has 0 aliphatic heterocycles. The number of rotatable bonds is 10. The van der Waals surface area contributed by atoms with Crippen molar-refractivity contribution in [3.63, 3.8) is 0 Å². The number of nitrogens with zero attached hydrogens (tertiary/aromatic N) is 6. The first-order valence-electron chi connectivity index (χ1n) is 11.1. The highest BCUT2D eigenvalue weighted by Gasteiger charge is 2.14. The predicted octanol–water partition coefficient (Wildman–Crippen LogP) is 6.84. The number of aryl methyl sites for hydroxylation is 2. The lowest BCUT2D eigenvalue weighted by atomic mass is 10.1. The number of hydrogen-bond acceptors (Lipinski definition) is 9. The van der Waals surface area contributed by atoms with Gasteiger partial charge in [-0.2, -0.15) is 5.11 Å². The minimum absolute atomic E-state index is 0.0969. The van der Waals surface area contributed by atoms with E-state index >= 15 is 0 Å². The largest absolute Gasteiger partial charge is 0.494 e. The fraction of sp³-hybridized carbons (Fsp3) is 0.280. The Labute approximate surface area is 204 Å². The van der Waals surface area contributed by atoms with E-state index in [9.17, 15) is 10.1 Å². The highest BCUT2D eigenvalue weighted by atomic mass is 16.6. The summed E-state index contributed by atoms with van der Waals surface area (Å²) in [7, 11) is 3.55. The van der Waals surface area contributed by atoms with E-state index < -0.39 is 4.92 Å². The maximum Gasteiger partial charge on any atom is 0.296 e. The zero-order chi connectivity index (χ0) is 25.4. The Hall–Kier alpha value is -4.18. The van der Waals surface area contributed by atoms with Crippen LogP contribution in [0.1, 0.15) is 17.5 Å². The molecular weight excluding hydrogens is 446 g/mol. The van der Waals surface area contributed by atoms with Crippen molar-refractivity contribution < 1.29 is 9.66 Å². The zero-order valence-corrected chi connectivity index (χ0v) is 20.3. The second kappa shape index (κ2) is 11.8. The Bertz CT molecular complexity index is 1240. The van der Waals surface area contributed by atoms with Gasteiger partial charge in [-0.3, -0.25) is 10.1 Å². The van der Waals surface area contributed by atoms with E-state index in [1.165, 1.54) is 13.2 Å². The molecule has 0 unspecified atom stereocenters. The predicted molar refractivity (Wildman–Crippen MR) is 137 cm³/mol. The molecule has 0 atom stereocenters. The van der Waals surface area contributed by atoms with Crippen LogP contribution in [0.25, 0.3) is 0 Å². The van der Waals surface area contributed by atoms with Crippen molar-refractivity contribution in [1.82, 2.24) is 0 Å². The Balaban J connectivity index is 1.81. The summed E-state index contributed by atoms with van der Waals surface area (Å²) in [6.07, 6.45) is 0.925. The monoisotopic (exact) mass is 475 g/mol. The Morgan fingerprint density at radius 2 is 1.63 bits per heavy atom. The number of nitro benzene ring substituents is 1. The third-order valence-electron chi connectivity index (χ3n) is 5.35. The smallest absolute Gasteiger partial charge is 0.296 e. The lowest BCUT2D eigenvalue weighted by Gasteiger charge is -2.18. The van der Waals surface area contributed by atoms with E-state index in [1.54, 1.807) is 31.2 Å². The van der Waals surface area contributed by atoms with Crippen molar-refractivity contribution in [3.8, 4) is 5.75 Å². The number of nitro groups is 1. The van der Waals surface area contributed by atoms with Gasteiger partial charge in [0.1, 0.15) is 11.4 Å². The highest BCUT2D eigenvalue weighted by Crippen LogP contribution is 2.37. The molecule has 0 radical (unpaired) electrons. The molecule has 10 heteroatoms. The molecule has 0 bridgehead atoms. The van der Waals surface area contributed by atoms with Crippen molar-refractivity contribution in [2.75, 3.05) is 32.1 Å². The first-order chi connectivity index (χ1) is 16.8. The Morgan fingerprint density at radius 3 is 2.29 bits per heavy atom. The van der Waals surface area contributed by atoms with Crippen molar-refractivity contribution in [2.45, 2.75) is 20.3 Å². The third kappa shape index (κ3) is 6.67. The van der Waals surface area contributed by atoms with Crippen molar-refractivity contribution in [3.05, 3.63) is 75.8 Å². The average molecular weight is 476 g/mol. The van der Waals surface area contributed by atoms with E-state index in [1.807, 2.05) is 38.2 Å². The highest BCUT2D eigenvalue weighted by molar-refractivity contribution is 5.64. The summed E-state index contributed by atoms with van der Waals surface area (Å²) < 4.78 is 5.47. The molecule has 0 aliphatic rings. The van der Waals surface area contributed by atoms with E-state index in [0.717, 1.165) is 29.8 Å². The van der Waals surface area contributed by atoms with Gasteiger partial charge in [-0.25, -0.2) is 0 Å². The van der Waals surface area contributed by atoms with Gasteiger partial charge in [-0.1, -0.05) is 6.07 Å². The van der Waals surface area contributed by atoms with Gasteiger partial charge in [-0.05, 0) is 74.3 Å². The second-order valence-electron chi connectivity index (χ2n) is 8.04. The minimum atomic E-state index is -0.469. The average Bonchev–Trinajstić information content (AvgIpc) is 2.86. The fourth-order valence-corrected chi connectivity index (χ4v) is 3.33. The number of anilines is 1. The van der Waals surface area contributed by atoms with E-state index in [2.05, 4.69) is 25.4 Å². The van der Waals surface area contributed by atoms with Gasteiger partial charge in [0, 0.05) is 31.4 Å². The molecule has 3 aromatic rings.